The fraction of sp³-hybridized carbons (Fsp3) is 0.333. The Hall–Kier alpha value is -2.18. The normalized spacial score (nSPS) is 18.5. The number of fused-ring (bicyclic) bond motifs is 1. The molecular formula is C21H22BrNO4. The predicted molar refractivity (Wildman–Crippen MR) is 107 cm³/mol. The first-order valence-electron chi connectivity index (χ1n) is 8.88. The van der Waals surface area contributed by atoms with Crippen molar-refractivity contribution >= 4 is 33.3 Å². The van der Waals surface area contributed by atoms with E-state index in [4.69, 9.17) is 4.74 Å². The van der Waals surface area contributed by atoms with E-state index in [1.165, 1.54) is 0 Å². The van der Waals surface area contributed by atoms with Gasteiger partial charge in [0.2, 0.25) is 0 Å². The summed E-state index contributed by atoms with van der Waals surface area (Å²) in [5.74, 6) is 0.152. The predicted octanol–water partition coefficient (Wildman–Crippen LogP) is 3.95. The second kappa shape index (κ2) is 7.82. The number of halogens is 1. The van der Waals surface area contributed by atoms with Crippen LogP contribution in [-0.4, -0.2) is 23.9 Å². The minimum Gasteiger partial charge on any atom is -0.497 e. The number of Topliss-reactive ketones (excluding diaryl/α,β-unsaturated/α-hetero) is 1. The third-order valence-electron chi connectivity index (χ3n) is 4.78. The number of carbonyl (C=O) groups excluding carboxylic acids is 2. The van der Waals surface area contributed by atoms with Gasteiger partial charge in [0, 0.05) is 22.9 Å². The molecule has 3 rings (SSSR count). The van der Waals surface area contributed by atoms with Gasteiger partial charge in [-0.1, -0.05) is 35.0 Å². The Balaban J connectivity index is 1.96. The van der Waals surface area contributed by atoms with E-state index >= 15 is 0 Å². The van der Waals surface area contributed by atoms with Gasteiger partial charge in [-0.25, -0.2) is 0 Å². The molecule has 0 saturated carbocycles. The number of carbonyl (C=O) groups is 2. The summed E-state index contributed by atoms with van der Waals surface area (Å²) in [6, 6.07) is 12.8. The summed E-state index contributed by atoms with van der Waals surface area (Å²) in [7, 11) is 1.60. The summed E-state index contributed by atoms with van der Waals surface area (Å²) in [4.78, 5) is 26.9. The molecule has 0 radical (unpaired) electrons. The van der Waals surface area contributed by atoms with Crippen molar-refractivity contribution in [2.75, 3.05) is 12.0 Å². The highest BCUT2D eigenvalue weighted by Gasteiger charge is 2.50. The lowest BCUT2D eigenvalue weighted by atomic mass is 9.89. The number of rotatable bonds is 7. The summed E-state index contributed by atoms with van der Waals surface area (Å²) >= 11 is 3.40. The van der Waals surface area contributed by atoms with Crippen molar-refractivity contribution in [1.29, 1.82) is 0 Å². The van der Waals surface area contributed by atoms with Crippen molar-refractivity contribution in [2.24, 2.45) is 0 Å². The Morgan fingerprint density at radius 3 is 2.56 bits per heavy atom. The summed E-state index contributed by atoms with van der Waals surface area (Å²) in [6.07, 6.45) is 0.823. The number of ether oxygens (including phenoxy) is 1. The largest absolute Gasteiger partial charge is 0.497 e. The molecule has 5 nitrogen and oxygen atoms in total. The van der Waals surface area contributed by atoms with Crippen molar-refractivity contribution in [3.8, 4) is 5.75 Å². The lowest BCUT2D eigenvalue weighted by Crippen LogP contribution is -2.41. The number of ketones is 1. The lowest BCUT2D eigenvalue weighted by molar-refractivity contribution is -0.142. The van der Waals surface area contributed by atoms with Gasteiger partial charge in [0.25, 0.3) is 5.91 Å². The lowest BCUT2D eigenvalue weighted by Gasteiger charge is -2.23. The van der Waals surface area contributed by atoms with Crippen LogP contribution in [0.15, 0.2) is 46.9 Å². The zero-order chi connectivity index (χ0) is 19.6. The fourth-order valence-electron chi connectivity index (χ4n) is 3.42. The Morgan fingerprint density at radius 2 is 1.93 bits per heavy atom. The molecule has 0 saturated heterocycles. The number of amides is 1. The third-order valence-corrected chi connectivity index (χ3v) is 5.27. The zero-order valence-electron chi connectivity index (χ0n) is 15.4. The van der Waals surface area contributed by atoms with E-state index in [0.29, 0.717) is 30.6 Å². The molecule has 1 atom stereocenters. The van der Waals surface area contributed by atoms with Gasteiger partial charge in [-0.05, 0) is 42.3 Å². The second-order valence-electron chi connectivity index (χ2n) is 6.73. The molecule has 1 amide bonds. The average Bonchev–Trinajstić information content (AvgIpc) is 2.84. The molecule has 0 aromatic heterocycles. The summed E-state index contributed by atoms with van der Waals surface area (Å²) in [5.41, 5.74) is 0.186. The third kappa shape index (κ3) is 3.77. The van der Waals surface area contributed by atoms with Gasteiger partial charge in [-0.2, -0.15) is 0 Å². The van der Waals surface area contributed by atoms with Gasteiger partial charge < -0.3 is 14.7 Å². The number of hydrogen-bond donors (Lipinski definition) is 1. The van der Waals surface area contributed by atoms with Crippen molar-refractivity contribution < 1.29 is 19.4 Å². The maximum atomic E-state index is 13.1. The number of benzene rings is 2. The number of aliphatic hydroxyl groups is 1. The molecule has 142 valence electrons. The number of nitrogens with zero attached hydrogens (tertiary/aromatic N) is 1. The topological polar surface area (TPSA) is 66.8 Å². The van der Waals surface area contributed by atoms with E-state index in [0.717, 1.165) is 15.8 Å². The molecule has 1 aliphatic heterocycles. The molecule has 0 bridgehead atoms. The van der Waals surface area contributed by atoms with E-state index < -0.39 is 11.5 Å². The van der Waals surface area contributed by atoms with Crippen LogP contribution in [0.5, 0.6) is 5.75 Å². The highest BCUT2D eigenvalue weighted by atomic mass is 79.9. The molecule has 2 aromatic carbocycles. The van der Waals surface area contributed by atoms with Gasteiger partial charge in [0.05, 0.1) is 19.3 Å². The number of anilines is 1. The maximum Gasteiger partial charge on any atom is 0.264 e. The van der Waals surface area contributed by atoms with Crippen molar-refractivity contribution in [1.82, 2.24) is 0 Å². The smallest absolute Gasteiger partial charge is 0.264 e. The van der Waals surface area contributed by atoms with Crippen LogP contribution in [0.1, 0.15) is 37.3 Å². The van der Waals surface area contributed by atoms with E-state index in [9.17, 15) is 14.7 Å². The van der Waals surface area contributed by atoms with E-state index in [1.807, 2.05) is 37.3 Å². The van der Waals surface area contributed by atoms with Crippen molar-refractivity contribution in [2.45, 2.75) is 38.3 Å². The van der Waals surface area contributed by atoms with E-state index in [1.54, 1.807) is 24.1 Å². The fourth-order valence-corrected chi connectivity index (χ4v) is 3.78. The minimum absolute atomic E-state index is 0.120. The molecule has 27 heavy (non-hydrogen) atoms. The van der Waals surface area contributed by atoms with Gasteiger partial charge in [-0.3, -0.25) is 9.59 Å². The molecule has 0 fully saturated rings. The van der Waals surface area contributed by atoms with Gasteiger partial charge in [0.1, 0.15) is 11.5 Å². The first kappa shape index (κ1) is 19.6. The number of hydrogen-bond acceptors (Lipinski definition) is 4. The molecule has 1 heterocycles. The first-order chi connectivity index (χ1) is 12.9. The van der Waals surface area contributed by atoms with Crippen LogP contribution < -0.4 is 9.64 Å². The Bertz CT molecular complexity index is 865. The Kier molecular flexibility index (Phi) is 5.67. The Morgan fingerprint density at radius 1 is 1.22 bits per heavy atom. The van der Waals surface area contributed by atoms with Crippen LogP contribution in [0.2, 0.25) is 0 Å². The Labute approximate surface area is 167 Å². The highest BCUT2D eigenvalue weighted by Crippen LogP contribution is 2.44. The molecule has 1 unspecified atom stereocenters. The van der Waals surface area contributed by atoms with Crippen LogP contribution in [0.25, 0.3) is 0 Å². The average molecular weight is 432 g/mol. The molecule has 0 spiro atoms. The molecular weight excluding hydrogens is 410 g/mol. The highest BCUT2D eigenvalue weighted by molar-refractivity contribution is 9.10. The quantitative estimate of drug-likeness (QED) is 0.720. The van der Waals surface area contributed by atoms with Crippen LogP contribution in [0, 0.1) is 0 Å². The maximum absolute atomic E-state index is 13.1. The van der Waals surface area contributed by atoms with Crippen molar-refractivity contribution in [3.05, 3.63) is 58.1 Å². The van der Waals surface area contributed by atoms with Crippen LogP contribution in [0.3, 0.4) is 0 Å². The zero-order valence-corrected chi connectivity index (χ0v) is 17.0. The molecule has 1 N–H and O–H groups in total. The number of methoxy groups -OCH3 is 1. The standard InChI is InChI=1S/C21H22BrNO4/c1-3-4-16(24)12-21(26)18-11-15(22)7-10-19(18)23(20(21)25)13-14-5-8-17(27-2)9-6-14/h5-11,26H,3-4,12-13H2,1-2H3. The summed E-state index contributed by atoms with van der Waals surface area (Å²) < 4.78 is 5.92. The summed E-state index contributed by atoms with van der Waals surface area (Å²) in [5, 5.41) is 11.2. The van der Waals surface area contributed by atoms with Gasteiger partial charge in [-0.15, -0.1) is 0 Å². The van der Waals surface area contributed by atoms with Crippen LogP contribution in [-0.2, 0) is 21.7 Å². The molecule has 2 aromatic rings. The van der Waals surface area contributed by atoms with Crippen molar-refractivity contribution in [3.63, 3.8) is 0 Å². The molecule has 0 aliphatic carbocycles. The van der Waals surface area contributed by atoms with E-state index in [2.05, 4.69) is 15.9 Å². The molecule has 1 aliphatic rings. The second-order valence-corrected chi connectivity index (χ2v) is 7.64. The summed E-state index contributed by atoms with van der Waals surface area (Å²) in [6.45, 7) is 2.21. The van der Waals surface area contributed by atoms with Crippen LogP contribution in [0.4, 0.5) is 5.69 Å². The van der Waals surface area contributed by atoms with Gasteiger partial charge >= 0.3 is 0 Å². The van der Waals surface area contributed by atoms with Gasteiger partial charge in [0.15, 0.2) is 5.60 Å². The van der Waals surface area contributed by atoms with E-state index in [-0.39, 0.29) is 12.2 Å². The first-order valence-corrected chi connectivity index (χ1v) is 9.67. The minimum atomic E-state index is -1.82. The SMILES string of the molecule is CCCC(=O)CC1(O)C(=O)N(Cc2ccc(OC)cc2)c2ccc(Br)cc21. The monoisotopic (exact) mass is 431 g/mol. The molecule has 6 heteroatoms. The van der Waals surface area contributed by atoms with Crippen LogP contribution >= 0.6 is 15.9 Å².